The average Bonchev–Trinajstić information content (AvgIpc) is 3.12. The Hall–Kier alpha value is -2.86. The van der Waals surface area contributed by atoms with Gasteiger partial charge < -0.3 is 14.2 Å². The van der Waals surface area contributed by atoms with Gasteiger partial charge in [-0.15, -0.1) is 11.3 Å². The quantitative estimate of drug-likeness (QED) is 0.599. The molecule has 0 aliphatic rings. The molecule has 2 aromatic carbocycles. The third kappa shape index (κ3) is 4.03. The Balaban J connectivity index is 1.86. The van der Waals surface area contributed by atoms with E-state index in [-0.39, 0.29) is 0 Å². The standard InChI is InChI=1S/C20H19NO4S/c1-13-21-18(12-26-13)15-7-8-19(17(10-15)20(22)24-3)25-11-14-5-4-6-16(9-14)23-2/h4-10,12H,11H2,1-3H3. The Morgan fingerprint density at radius 1 is 1.15 bits per heavy atom. The summed E-state index contributed by atoms with van der Waals surface area (Å²) in [5.41, 5.74) is 3.00. The predicted molar refractivity (Wildman–Crippen MR) is 101 cm³/mol. The highest BCUT2D eigenvalue weighted by molar-refractivity contribution is 7.09. The molecule has 26 heavy (non-hydrogen) atoms. The van der Waals surface area contributed by atoms with Crippen LogP contribution in [0.5, 0.6) is 11.5 Å². The van der Waals surface area contributed by atoms with E-state index in [1.165, 1.54) is 7.11 Å². The number of benzene rings is 2. The van der Waals surface area contributed by atoms with Crippen molar-refractivity contribution in [2.24, 2.45) is 0 Å². The van der Waals surface area contributed by atoms with Crippen LogP contribution in [0.3, 0.4) is 0 Å². The van der Waals surface area contributed by atoms with Gasteiger partial charge in [-0.1, -0.05) is 12.1 Å². The molecule has 0 saturated carbocycles. The Kier molecular flexibility index (Phi) is 5.53. The number of thiazole rings is 1. The molecule has 0 fully saturated rings. The lowest BCUT2D eigenvalue weighted by Crippen LogP contribution is -2.06. The van der Waals surface area contributed by atoms with E-state index >= 15 is 0 Å². The number of hydrogen-bond donors (Lipinski definition) is 0. The minimum atomic E-state index is -0.445. The van der Waals surface area contributed by atoms with Crippen LogP contribution in [-0.2, 0) is 11.3 Å². The minimum absolute atomic E-state index is 0.316. The monoisotopic (exact) mass is 369 g/mol. The molecule has 0 atom stereocenters. The summed E-state index contributed by atoms with van der Waals surface area (Å²) in [5.74, 6) is 0.781. The lowest BCUT2D eigenvalue weighted by Gasteiger charge is -2.12. The van der Waals surface area contributed by atoms with Crippen LogP contribution in [0.15, 0.2) is 47.8 Å². The van der Waals surface area contributed by atoms with E-state index < -0.39 is 5.97 Å². The molecule has 0 aliphatic carbocycles. The average molecular weight is 369 g/mol. The third-order valence-electron chi connectivity index (χ3n) is 3.83. The largest absolute Gasteiger partial charge is 0.497 e. The van der Waals surface area contributed by atoms with Gasteiger partial charge in [-0.25, -0.2) is 9.78 Å². The molecule has 0 radical (unpaired) electrons. The van der Waals surface area contributed by atoms with E-state index in [4.69, 9.17) is 14.2 Å². The lowest BCUT2D eigenvalue weighted by atomic mass is 10.1. The first kappa shape index (κ1) is 17.9. The van der Waals surface area contributed by atoms with Crippen LogP contribution in [0.2, 0.25) is 0 Å². The molecule has 6 heteroatoms. The molecule has 1 aromatic heterocycles. The maximum absolute atomic E-state index is 12.2. The van der Waals surface area contributed by atoms with Crippen LogP contribution < -0.4 is 9.47 Å². The number of nitrogens with zero attached hydrogens (tertiary/aromatic N) is 1. The van der Waals surface area contributed by atoms with Crippen molar-refractivity contribution in [2.45, 2.75) is 13.5 Å². The van der Waals surface area contributed by atoms with Crippen molar-refractivity contribution in [3.05, 3.63) is 64.0 Å². The van der Waals surface area contributed by atoms with E-state index in [2.05, 4.69) is 4.98 Å². The van der Waals surface area contributed by atoms with Gasteiger partial charge in [0.2, 0.25) is 0 Å². The second kappa shape index (κ2) is 8.01. The summed E-state index contributed by atoms with van der Waals surface area (Å²) in [4.78, 5) is 16.7. The summed E-state index contributed by atoms with van der Waals surface area (Å²) >= 11 is 1.56. The van der Waals surface area contributed by atoms with Crippen LogP contribution >= 0.6 is 11.3 Å². The van der Waals surface area contributed by atoms with Gasteiger partial charge in [0.05, 0.1) is 24.9 Å². The van der Waals surface area contributed by atoms with E-state index in [0.717, 1.165) is 27.6 Å². The molecular formula is C20H19NO4S. The predicted octanol–water partition coefficient (Wildman–Crippen LogP) is 4.49. The summed E-state index contributed by atoms with van der Waals surface area (Å²) in [6.45, 7) is 2.26. The SMILES string of the molecule is COC(=O)c1cc(-c2csc(C)n2)ccc1OCc1cccc(OC)c1. The fourth-order valence-electron chi connectivity index (χ4n) is 2.50. The van der Waals surface area contributed by atoms with Gasteiger partial charge in [0.25, 0.3) is 0 Å². The van der Waals surface area contributed by atoms with E-state index in [0.29, 0.717) is 17.9 Å². The number of carbonyl (C=O) groups is 1. The van der Waals surface area contributed by atoms with Gasteiger partial charge in [0.15, 0.2) is 0 Å². The first-order valence-electron chi connectivity index (χ1n) is 8.01. The van der Waals surface area contributed by atoms with Gasteiger partial charge in [-0.2, -0.15) is 0 Å². The first-order chi connectivity index (χ1) is 12.6. The molecule has 0 saturated heterocycles. The van der Waals surface area contributed by atoms with Crippen molar-refractivity contribution in [3.8, 4) is 22.8 Å². The van der Waals surface area contributed by atoms with Crippen LogP contribution in [0.4, 0.5) is 0 Å². The maximum atomic E-state index is 12.2. The van der Waals surface area contributed by atoms with Gasteiger partial charge >= 0.3 is 5.97 Å². The van der Waals surface area contributed by atoms with Crippen molar-refractivity contribution in [1.82, 2.24) is 4.98 Å². The van der Waals surface area contributed by atoms with Gasteiger partial charge in [-0.3, -0.25) is 0 Å². The Morgan fingerprint density at radius 3 is 2.69 bits per heavy atom. The smallest absolute Gasteiger partial charge is 0.341 e. The molecule has 0 bridgehead atoms. The molecule has 3 aromatic rings. The zero-order valence-electron chi connectivity index (χ0n) is 14.8. The number of rotatable bonds is 6. The van der Waals surface area contributed by atoms with Crippen molar-refractivity contribution in [1.29, 1.82) is 0 Å². The number of aryl methyl sites for hydroxylation is 1. The van der Waals surface area contributed by atoms with Gasteiger partial charge in [-0.05, 0) is 42.8 Å². The van der Waals surface area contributed by atoms with E-state index in [9.17, 15) is 4.79 Å². The Labute approximate surface area is 156 Å². The topological polar surface area (TPSA) is 57.7 Å². The highest BCUT2D eigenvalue weighted by atomic mass is 32.1. The summed E-state index contributed by atoms with van der Waals surface area (Å²) in [6, 6.07) is 13.0. The molecule has 0 aliphatic heterocycles. The van der Waals surface area contributed by atoms with Gasteiger partial charge in [0.1, 0.15) is 23.7 Å². The van der Waals surface area contributed by atoms with E-state index in [1.54, 1.807) is 30.6 Å². The number of esters is 1. The van der Waals surface area contributed by atoms with Crippen molar-refractivity contribution >= 4 is 17.3 Å². The summed E-state index contributed by atoms with van der Waals surface area (Å²) in [5, 5.41) is 2.93. The molecule has 5 nitrogen and oxygen atoms in total. The van der Waals surface area contributed by atoms with Crippen molar-refractivity contribution < 1.29 is 19.0 Å². The third-order valence-corrected chi connectivity index (χ3v) is 4.60. The normalized spacial score (nSPS) is 10.4. The molecular weight excluding hydrogens is 350 g/mol. The van der Waals surface area contributed by atoms with Crippen molar-refractivity contribution in [2.75, 3.05) is 14.2 Å². The maximum Gasteiger partial charge on any atom is 0.341 e. The van der Waals surface area contributed by atoms with Crippen LogP contribution in [-0.4, -0.2) is 25.2 Å². The lowest BCUT2D eigenvalue weighted by molar-refractivity contribution is 0.0595. The summed E-state index contributed by atoms with van der Waals surface area (Å²) in [7, 11) is 2.97. The van der Waals surface area contributed by atoms with Gasteiger partial charge in [0, 0.05) is 10.9 Å². The zero-order valence-corrected chi connectivity index (χ0v) is 15.6. The number of methoxy groups -OCH3 is 2. The van der Waals surface area contributed by atoms with Crippen molar-refractivity contribution in [3.63, 3.8) is 0 Å². The fourth-order valence-corrected chi connectivity index (χ4v) is 3.13. The first-order valence-corrected chi connectivity index (χ1v) is 8.89. The molecule has 0 amide bonds. The van der Waals surface area contributed by atoms with Crippen LogP contribution in [0, 0.1) is 6.92 Å². The second-order valence-corrected chi connectivity index (χ2v) is 6.66. The summed E-state index contributed by atoms with van der Waals surface area (Å²) < 4.78 is 16.0. The number of ether oxygens (including phenoxy) is 3. The number of hydrogen-bond acceptors (Lipinski definition) is 6. The van der Waals surface area contributed by atoms with Crippen LogP contribution in [0.1, 0.15) is 20.9 Å². The number of carbonyl (C=O) groups excluding carboxylic acids is 1. The minimum Gasteiger partial charge on any atom is -0.497 e. The molecule has 1 heterocycles. The fraction of sp³-hybridized carbons (Fsp3) is 0.200. The number of aromatic nitrogens is 1. The Morgan fingerprint density at radius 2 is 2.00 bits per heavy atom. The Bertz CT molecular complexity index is 920. The van der Waals surface area contributed by atoms with Crippen LogP contribution in [0.25, 0.3) is 11.3 Å². The molecule has 134 valence electrons. The highest BCUT2D eigenvalue weighted by Gasteiger charge is 2.16. The molecule has 0 N–H and O–H groups in total. The highest BCUT2D eigenvalue weighted by Crippen LogP contribution is 2.29. The zero-order chi connectivity index (χ0) is 18.5. The second-order valence-electron chi connectivity index (χ2n) is 5.59. The molecule has 0 spiro atoms. The summed E-state index contributed by atoms with van der Waals surface area (Å²) in [6.07, 6.45) is 0. The molecule has 0 unspecified atom stereocenters. The molecule has 3 rings (SSSR count). The van der Waals surface area contributed by atoms with E-state index in [1.807, 2.05) is 42.6 Å².